The second-order valence-electron chi connectivity index (χ2n) is 6.89. The Kier molecular flexibility index (Phi) is 8.35. The second-order valence-corrected chi connectivity index (χ2v) is 9.89. The molecule has 0 saturated carbocycles. The first-order chi connectivity index (χ1) is 14.2. The molecule has 3 aromatic rings. The molecule has 1 heterocycles. The van der Waals surface area contributed by atoms with Crippen molar-refractivity contribution in [2.75, 3.05) is 44.9 Å². The van der Waals surface area contributed by atoms with E-state index in [4.69, 9.17) is 4.74 Å². The molecule has 0 atom stereocenters. The largest absolute Gasteiger partial charge is 0.497 e. The summed E-state index contributed by atoms with van der Waals surface area (Å²) in [6.45, 7) is 0.809. The molecule has 3 rings (SSSR count). The van der Waals surface area contributed by atoms with Crippen molar-refractivity contribution in [3.05, 3.63) is 48.3 Å². The lowest BCUT2D eigenvalue weighted by Gasteiger charge is -2.22. The molecule has 0 aliphatic carbocycles. The van der Waals surface area contributed by atoms with Crippen LogP contribution in [0.4, 0.5) is 9.52 Å². The third-order valence-electron chi connectivity index (χ3n) is 4.37. The second kappa shape index (κ2) is 10.4. The minimum absolute atomic E-state index is 0. The number of hydrogen-bond acceptors (Lipinski definition) is 7. The van der Waals surface area contributed by atoms with Crippen molar-refractivity contribution in [1.29, 1.82) is 0 Å². The molecule has 0 unspecified atom stereocenters. The number of anilines is 1. The van der Waals surface area contributed by atoms with Gasteiger partial charge in [-0.05, 0) is 56.6 Å². The predicted molar refractivity (Wildman–Crippen MR) is 123 cm³/mol. The average molecular weight is 488 g/mol. The van der Waals surface area contributed by atoms with Gasteiger partial charge in [-0.15, -0.1) is 12.4 Å². The zero-order chi connectivity index (χ0) is 21.9. The van der Waals surface area contributed by atoms with Crippen LogP contribution >= 0.6 is 23.7 Å². The van der Waals surface area contributed by atoms with Crippen LogP contribution in [0.25, 0.3) is 10.2 Å². The Bertz CT molecular complexity index is 1150. The Morgan fingerprint density at radius 1 is 1.13 bits per heavy atom. The van der Waals surface area contributed by atoms with Crippen LogP contribution < -0.4 is 9.64 Å². The molecule has 0 aliphatic rings. The third kappa shape index (κ3) is 6.13. The number of rotatable bonds is 8. The molecule has 168 valence electrons. The quantitative estimate of drug-likeness (QED) is 0.454. The summed E-state index contributed by atoms with van der Waals surface area (Å²) in [4.78, 5) is 20.7. The van der Waals surface area contributed by atoms with Crippen LogP contribution in [0, 0.1) is 5.82 Å². The van der Waals surface area contributed by atoms with Crippen molar-refractivity contribution in [2.24, 2.45) is 0 Å². The van der Waals surface area contributed by atoms with Crippen molar-refractivity contribution < 1.29 is 22.3 Å². The minimum atomic E-state index is -3.92. The molecular formula is C20H23ClFN3O4S2. The molecule has 1 aromatic heterocycles. The number of benzene rings is 2. The number of amides is 1. The number of aromatic nitrogens is 1. The van der Waals surface area contributed by atoms with E-state index in [2.05, 4.69) is 4.98 Å². The zero-order valence-corrected chi connectivity index (χ0v) is 19.7. The molecule has 0 spiro atoms. The highest BCUT2D eigenvalue weighted by Gasteiger charge is 2.26. The fourth-order valence-electron chi connectivity index (χ4n) is 2.73. The summed E-state index contributed by atoms with van der Waals surface area (Å²) in [6.07, 6.45) is 0. The van der Waals surface area contributed by atoms with E-state index in [1.807, 2.05) is 25.1 Å². The number of halogens is 2. The van der Waals surface area contributed by atoms with Crippen LogP contribution in [-0.4, -0.2) is 64.3 Å². The smallest absolute Gasteiger partial charge is 0.244 e. The van der Waals surface area contributed by atoms with Crippen LogP contribution in [-0.2, 0) is 14.6 Å². The maximum atomic E-state index is 13.1. The van der Waals surface area contributed by atoms with Crippen molar-refractivity contribution in [2.45, 2.75) is 4.90 Å². The Morgan fingerprint density at radius 3 is 2.42 bits per heavy atom. The van der Waals surface area contributed by atoms with Crippen LogP contribution in [0.3, 0.4) is 0 Å². The summed E-state index contributed by atoms with van der Waals surface area (Å²) in [6, 6.07) is 9.82. The maximum absolute atomic E-state index is 13.1. The summed E-state index contributed by atoms with van der Waals surface area (Å²) in [5.41, 5.74) is 0.694. The topological polar surface area (TPSA) is 79.8 Å². The molecular weight excluding hydrogens is 465 g/mol. The van der Waals surface area contributed by atoms with Gasteiger partial charge in [-0.2, -0.15) is 0 Å². The van der Waals surface area contributed by atoms with E-state index in [1.54, 1.807) is 19.2 Å². The Hall–Kier alpha value is -2.27. The number of sulfone groups is 1. The van der Waals surface area contributed by atoms with Crippen LogP contribution in [0.1, 0.15) is 0 Å². The van der Waals surface area contributed by atoms with E-state index in [1.165, 1.54) is 16.2 Å². The van der Waals surface area contributed by atoms with Gasteiger partial charge in [0.05, 0.1) is 22.2 Å². The number of likely N-dealkylation sites (N-methyl/N-ethyl adjacent to an activating group) is 1. The van der Waals surface area contributed by atoms with E-state index in [-0.39, 0.29) is 23.8 Å². The lowest BCUT2D eigenvalue weighted by atomic mass is 10.3. The Morgan fingerprint density at radius 2 is 1.81 bits per heavy atom. The van der Waals surface area contributed by atoms with E-state index in [0.29, 0.717) is 22.9 Å². The van der Waals surface area contributed by atoms with Crippen LogP contribution in [0.15, 0.2) is 47.4 Å². The first kappa shape index (κ1) is 25.0. The van der Waals surface area contributed by atoms with Crippen molar-refractivity contribution in [3.8, 4) is 5.75 Å². The van der Waals surface area contributed by atoms with Gasteiger partial charge < -0.3 is 9.64 Å². The monoisotopic (exact) mass is 487 g/mol. The lowest BCUT2D eigenvalue weighted by Crippen LogP contribution is -2.40. The number of nitrogens with zero attached hydrogens (tertiary/aromatic N) is 3. The molecule has 0 N–H and O–H groups in total. The van der Waals surface area contributed by atoms with E-state index in [9.17, 15) is 17.6 Å². The third-order valence-corrected chi connectivity index (χ3v) is 7.03. The SMILES string of the molecule is COc1ccc2nc(N(CCN(C)C)C(=O)CS(=O)(=O)c3ccc(F)cc3)sc2c1.Cl. The number of methoxy groups -OCH3 is 1. The van der Waals surface area contributed by atoms with Crippen molar-refractivity contribution >= 4 is 54.8 Å². The number of carbonyl (C=O) groups is 1. The van der Waals surface area contributed by atoms with Gasteiger partial charge in [-0.1, -0.05) is 11.3 Å². The molecule has 0 fully saturated rings. The predicted octanol–water partition coefficient (Wildman–Crippen LogP) is 3.23. The summed E-state index contributed by atoms with van der Waals surface area (Å²) < 4.78 is 44.5. The number of thiazole rings is 1. The number of hydrogen-bond donors (Lipinski definition) is 0. The Labute approximate surface area is 190 Å². The van der Waals surface area contributed by atoms with Gasteiger partial charge in [0, 0.05) is 13.1 Å². The van der Waals surface area contributed by atoms with Gasteiger partial charge >= 0.3 is 0 Å². The Balaban J connectivity index is 0.00000341. The van der Waals surface area contributed by atoms with Gasteiger partial charge in [-0.25, -0.2) is 17.8 Å². The molecule has 2 aromatic carbocycles. The highest BCUT2D eigenvalue weighted by Crippen LogP contribution is 2.31. The molecule has 31 heavy (non-hydrogen) atoms. The average Bonchev–Trinajstić information content (AvgIpc) is 3.10. The summed E-state index contributed by atoms with van der Waals surface area (Å²) in [5.74, 6) is -1.20. The van der Waals surface area contributed by atoms with E-state index >= 15 is 0 Å². The van der Waals surface area contributed by atoms with E-state index in [0.717, 1.165) is 29.0 Å². The minimum Gasteiger partial charge on any atom is -0.497 e. The molecule has 0 saturated heterocycles. The highest BCUT2D eigenvalue weighted by molar-refractivity contribution is 7.92. The van der Waals surface area contributed by atoms with E-state index < -0.39 is 27.3 Å². The van der Waals surface area contributed by atoms with Crippen molar-refractivity contribution in [3.63, 3.8) is 0 Å². The number of carbonyl (C=O) groups excluding carboxylic acids is 1. The zero-order valence-electron chi connectivity index (χ0n) is 17.2. The van der Waals surface area contributed by atoms with Crippen LogP contribution in [0.2, 0.25) is 0 Å². The molecule has 1 amide bonds. The first-order valence-corrected chi connectivity index (χ1v) is 11.5. The summed E-state index contributed by atoms with van der Waals surface area (Å²) >= 11 is 1.29. The summed E-state index contributed by atoms with van der Waals surface area (Å²) in [5, 5.41) is 0.416. The van der Waals surface area contributed by atoms with Gasteiger partial charge in [0.15, 0.2) is 15.0 Å². The molecule has 11 heteroatoms. The van der Waals surface area contributed by atoms with Crippen molar-refractivity contribution in [1.82, 2.24) is 9.88 Å². The first-order valence-electron chi connectivity index (χ1n) is 9.07. The molecule has 0 aliphatic heterocycles. The van der Waals surface area contributed by atoms with Gasteiger partial charge in [0.2, 0.25) is 5.91 Å². The lowest BCUT2D eigenvalue weighted by molar-refractivity contribution is -0.116. The van der Waals surface area contributed by atoms with Crippen LogP contribution in [0.5, 0.6) is 5.75 Å². The maximum Gasteiger partial charge on any atom is 0.244 e. The fourth-order valence-corrected chi connectivity index (χ4v) is 4.96. The normalized spacial score (nSPS) is 11.4. The van der Waals surface area contributed by atoms with Gasteiger partial charge in [0.1, 0.15) is 17.3 Å². The fraction of sp³-hybridized carbons (Fsp3) is 0.300. The standard InChI is InChI=1S/C20H22FN3O4S2.ClH/c1-23(2)10-11-24(20-22-17-9-6-15(28-3)12-18(17)29-20)19(25)13-30(26,27)16-7-4-14(21)5-8-16;/h4-9,12H,10-11,13H2,1-3H3;1H. The molecule has 7 nitrogen and oxygen atoms in total. The number of ether oxygens (including phenoxy) is 1. The molecule has 0 radical (unpaired) electrons. The summed E-state index contributed by atoms with van der Waals surface area (Å²) in [7, 11) is 1.37. The van der Waals surface area contributed by atoms with Gasteiger partial charge in [0.25, 0.3) is 0 Å². The van der Waals surface area contributed by atoms with Gasteiger partial charge in [-0.3, -0.25) is 9.69 Å². The number of fused-ring (bicyclic) bond motifs is 1. The highest BCUT2D eigenvalue weighted by atomic mass is 35.5. The molecule has 0 bridgehead atoms.